The van der Waals surface area contributed by atoms with Crippen molar-refractivity contribution in [1.82, 2.24) is 19.7 Å². The summed E-state index contributed by atoms with van der Waals surface area (Å²) in [6.45, 7) is 3.37. The minimum Gasteiger partial charge on any atom is -0.496 e. The van der Waals surface area contributed by atoms with Crippen LogP contribution in [0.1, 0.15) is 29.0 Å². The van der Waals surface area contributed by atoms with E-state index in [4.69, 9.17) is 4.74 Å². The maximum atomic E-state index is 13.1. The molecule has 0 N–H and O–H groups in total. The summed E-state index contributed by atoms with van der Waals surface area (Å²) >= 11 is 0. The van der Waals surface area contributed by atoms with Crippen molar-refractivity contribution in [3.63, 3.8) is 0 Å². The summed E-state index contributed by atoms with van der Waals surface area (Å²) in [5.41, 5.74) is 0.646. The van der Waals surface area contributed by atoms with Gasteiger partial charge in [-0.25, -0.2) is 14.6 Å². The van der Waals surface area contributed by atoms with Gasteiger partial charge in [-0.3, -0.25) is 4.79 Å². The van der Waals surface area contributed by atoms with Crippen LogP contribution in [0.3, 0.4) is 0 Å². The van der Waals surface area contributed by atoms with Crippen LogP contribution in [-0.2, 0) is 0 Å². The number of hydrogen-bond acceptors (Lipinski definition) is 6. The Morgan fingerprint density at radius 2 is 2.00 bits per heavy atom. The molecular weight excluding hydrogens is 354 g/mol. The van der Waals surface area contributed by atoms with E-state index >= 15 is 0 Å². The second kappa shape index (κ2) is 7.80. The molecule has 0 spiro atoms. The smallest absolute Gasteiger partial charge is 0.171 e. The van der Waals surface area contributed by atoms with Gasteiger partial charge in [0, 0.05) is 37.5 Å². The Hall–Kier alpha value is -3.22. The number of aromatic nitrogens is 4. The quantitative estimate of drug-likeness (QED) is 0.636. The summed E-state index contributed by atoms with van der Waals surface area (Å²) in [5, 5.41) is 4.26. The van der Waals surface area contributed by atoms with Crippen LogP contribution < -0.4 is 9.64 Å². The molecule has 1 saturated heterocycles. The Kier molecular flexibility index (Phi) is 5.06. The Bertz CT molecular complexity index is 971. The zero-order valence-electron chi connectivity index (χ0n) is 16.1. The van der Waals surface area contributed by atoms with E-state index < -0.39 is 0 Å². The van der Waals surface area contributed by atoms with Crippen molar-refractivity contribution in [3.05, 3.63) is 60.2 Å². The van der Waals surface area contributed by atoms with E-state index in [-0.39, 0.29) is 11.7 Å². The molecule has 0 aliphatic carbocycles. The second-order valence-electron chi connectivity index (χ2n) is 6.93. The first kappa shape index (κ1) is 18.2. The fourth-order valence-corrected chi connectivity index (χ4v) is 3.69. The van der Waals surface area contributed by atoms with E-state index in [9.17, 15) is 4.79 Å². The van der Waals surface area contributed by atoms with E-state index in [0.29, 0.717) is 23.7 Å². The van der Waals surface area contributed by atoms with Gasteiger partial charge in [0.1, 0.15) is 17.4 Å². The number of piperidine rings is 1. The SMILES string of the molecule is COc1ccccc1C(=O)C1CCCN(c2cc(-n3cccn3)nc(C)n2)C1. The maximum absolute atomic E-state index is 13.1. The number of ether oxygens (including phenoxy) is 1. The number of carbonyl (C=O) groups is 1. The van der Waals surface area contributed by atoms with Crippen molar-refractivity contribution in [2.75, 3.05) is 25.1 Å². The highest BCUT2D eigenvalue weighted by Gasteiger charge is 2.29. The molecule has 0 radical (unpaired) electrons. The third-order valence-corrected chi connectivity index (χ3v) is 5.04. The van der Waals surface area contributed by atoms with Crippen LogP contribution in [0.5, 0.6) is 5.75 Å². The number of carbonyl (C=O) groups excluding carboxylic acids is 1. The normalized spacial score (nSPS) is 16.8. The molecule has 1 fully saturated rings. The second-order valence-corrected chi connectivity index (χ2v) is 6.93. The maximum Gasteiger partial charge on any atom is 0.171 e. The van der Waals surface area contributed by atoms with Crippen molar-refractivity contribution < 1.29 is 9.53 Å². The van der Waals surface area contributed by atoms with E-state index in [1.807, 2.05) is 49.5 Å². The van der Waals surface area contributed by atoms with E-state index in [2.05, 4.69) is 20.0 Å². The molecule has 144 valence electrons. The first-order chi connectivity index (χ1) is 13.7. The van der Waals surface area contributed by atoms with Crippen molar-refractivity contribution in [3.8, 4) is 11.6 Å². The Morgan fingerprint density at radius 3 is 2.79 bits per heavy atom. The number of ketones is 1. The van der Waals surface area contributed by atoms with Gasteiger partial charge in [-0.05, 0) is 38.0 Å². The molecule has 1 aromatic carbocycles. The number of para-hydroxylation sites is 1. The number of benzene rings is 1. The molecule has 2 aromatic heterocycles. The zero-order valence-corrected chi connectivity index (χ0v) is 16.1. The molecule has 1 unspecified atom stereocenters. The van der Waals surface area contributed by atoms with Crippen molar-refractivity contribution in [2.24, 2.45) is 5.92 Å². The molecule has 4 rings (SSSR count). The molecule has 7 nitrogen and oxygen atoms in total. The Morgan fingerprint density at radius 1 is 1.18 bits per heavy atom. The van der Waals surface area contributed by atoms with Crippen LogP contribution in [0.25, 0.3) is 5.82 Å². The summed E-state index contributed by atoms with van der Waals surface area (Å²) in [6.07, 6.45) is 5.38. The summed E-state index contributed by atoms with van der Waals surface area (Å²) in [6, 6.07) is 11.2. The summed E-state index contributed by atoms with van der Waals surface area (Å²) in [5.74, 6) is 2.90. The minimum atomic E-state index is -0.0894. The lowest BCUT2D eigenvalue weighted by Crippen LogP contribution is -2.39. The summed E-state index contributed by atoms with van der Waals surface area (Å²) in [7, 11) is 1.60. The van der Waals surface area contributed by atoms with Crippen LogP contribution in [-0.4, -0.2) is 45.7 Å². The summed E-state index contributed by atoms with van der Waals surface area (Å²) < 4.78 is 7.10. The van der Waals surface area contributed by atoms with E-state index in [1.165, 1.54) is 0 Å². The van der Waals surface area contributed by atoms with Gasteiger partial charge in [-0.1, -0.05) is 12.1 Å². The lowest BCUT2D eigenvalue weighted by atomic mass is 9.89. The lowest BCUT2D eigenvalue weighted by Gasteiger charge is -2.33. The van der Waals surface area contributed by atoms with Crippen LogP contribution in [0, 0.1) is 12.8 Å². The summed E-state index contributed by atoms with van der Waals surface area (Å²) in [4.78, 5) is 24.4. The first-order valence-corrected chi connectivity index (χ1v) is 9.43. The molecule has 3 heterocycles. The molecular formula is C21H23N5O2. The average molecular weight is 377 g/mol. The van der Waals surface area contributed by atoms with Crippen LogP contribution >= 0.6 is 0 Å². The van der Waals surface area contributed by atoms with Gasteiger partial charge in [0.05, 0.1) is 12.7 Å². The molecule has 0 saturated carbocycles. The van der Waals surface area contributed by atoms with Crippen molar-refractivity contribution >= 4 is 11.6 Å². The van der Waals surface area contributed by atoms with Crippen molar-refractivity contribution in [1.29, 1.82) is 0 Å². The predicted molar refractivity (Wildman–Crippen MR) is 106 cm³/mol. The molecule has 0 bridgehead atoms. The number of nitrogens with zero attached hydrogens (tertiary/aromatic N) is 5. The van der Waals surface area contributed by atoms with Crippen LogP contribution in [0.2, 0.25) is 0 Å². The number of anilines is 1. The molecule has 7 heteroatoms. The molecule has 1 aliphatic heterocycles. The van der Waals surface area contributed by atoms with Gasteiger partial charge in [0.25, 0.3) is 0 Å². The topological polar surface area (TPSA) is 73.1 Å². The largest absolute Gasteiger partial charge is 0.496 e. The lowest BCUT2D eigenvalue weighted by molar-refractivity contribution is 0.0904. The number of Topliss-reactive ketones (excluding diaryl/α,β-unsaturated/α-hetero) is 1. The third-order valence-electron chi connectivity index (χ3n) is 5.04. The van der Waals surface area contributed by atoms with E-state index in [1.54, 1.807) is 18.0 Å². The minimum absolute atomic E-state index is 0.0894. The standard InChI is InChI=1S/C21H23N5O2/c1-15-23-19(13-20(24-15)26-12-6-10-22-26)25-11-5-7-16(14-25)21(27)17-8-3-4-9-18(17)28-2/h3-4,6,8-10,12-13,16H,5,7,11,14H2,1-2H3. The first-order valence-electron chi connectivity index (χ1n) is 9.43. The molecule has 1 aliphatic rings. The van der Waals surface area contributed by atoms with Gasteiger partial charge in [0.2, 0.25) is 0 Å². The third kappa shape index (κ3) is 3.60. The fourth-order valence-electron chi connectivity index (χ4n) is 3.69. The molecule has 1 atom stereocenters. The van der Waals surface area contributed by atoms with E-state index in [0.717, 1.165) is 31.0 Å². The predicted octanol–water partition coefficient (Wildman–Crippen LogP) is 3.08. The molecule has 28 heavy (non-hydrogen) atoms. The zero-order chi connectivity index (χ0) is 19.5. The van der Waals surface area contributed by atoms with Gasteiger partial charge >= 0.3 is 0 Å². The van der Waals surface area contributed by atoms with Gasteiger partial charge < -0.3 is 9.64 Å². The molecule has 0 amide bonds. The highest BCUT2D eigenvalue weighted by Crippen LogP contribution is 2.28. The highest BCUT2D eigenvalue weighted by molar-refractivity contribution is 6.00. The van der Waals surface area contributed by atoms with Crippen molar-refractivity contribution in [2.45, 2.75) is 19.8 Å². The Balaban J connectivity index is 1.58. The monoisotopic (exact) mass is 377 g/mol. The highest BCUT2D eigenvalue weighted by atomic mass is 16.5. The fraction of sp³-hybridized carbons (Fsp3) is 0.333. The Labute approximate surface area is 164 Å². The van der Waals surface area contributed by atoms with Gasteiger partial charge in [0.15, 0.2) is 11.6 Å². The number of rotatable bonds is 5. The molecule has 3 aromatic rings. The number of methoxy groups -OCH3 is 1. The van der Waals surface area contributed by atoms with Gasteiger partial charge in [-0.2, -0.15) is 5.10 Å². The van der Waals surface area contributed by atoms with Gasteiger partial charge in [-0.15, -0.1) is 0 Å². The number of aryl methyl sites for hydroxylation is 1. The average Bonchev–Trinajstić information content (AvgIpc) is 3.28. The number of hydrogen-bond donors (Lipinski definition) is 0. The van der Waals surface area contributed by atoms with Crippen LogP contribution in [0.15, 0.2) is 48.8 Å². The van der Waals surface area contributed by atoms with Crippen LogP contribution in [0.4, 0.5) is 5.82 Å².